The number of carboxylic acid groups (broad SMARTS) is 1. The quantitative estimate of drug-likeness (QED) is 0.662. The average molecular weight is 196 g/mol. The molecule has 14 heavy (non-hydrogen) atoms. The van der Waals surface area contributed by atoms with Gasteiger partial charge in [0.2, 0.25) is 0 Å². The summed E-state index contributed by atoms with van der Waals surface area (Å²) < 4.78 is 0. The Balaban J connectivity index is 3.27. The van der Waals surface area contributed by atoms with E-state index in [1.165, 1.54) is 12.1 Å². The van der Waals surface area contributed by atoms with Crippen molar-refractivity contribution in [2.24, 2.45) is 0 Å². The van der Waals surface area contributed by atoms with Crippen molar-refractivity contribution < 1.29 is 20.1 Å². The highest BCUT2D eigenvalue weighted by Gasteiger charge is 2.20. The van der Waals surface area contributed by atoms with Crippen molar-refractivity contribution in [1.82, 2.24) is 0 Å². The summed E-state index contributed by atoms with van der Waals surface area (Å²) in [5.74, 6) is -1.22. The zero-order valence-electron chi connectivity index (χ0n) is 7.98. The summed E-state index contributed by atoms with van der Waals surface area (Å²) in [5.41, 5.74) is 1.48. The van der Waals surface area contributed by atoms with Gasteiger partial charge in [-0.1, -0.05) is 0 Å². The Hall–Kier alpha value is -1.55. The van der Waals surface area contributed by atoms with E-state index in [9.17, 15) is 15.0 Å². The first kappa shape index (κ1) is 10.5. The third-order valence-electron chi connectivity index (χ3n) is 2.09. The molecular weight excluding hydrogens is 184 g/mol. The molecule has 1 rings (SSSR count). The zero-order chi connectivity index (χ0) is 10.9. The molecule has 0 fully saturated rings. The summed E-state index contributed by atoms with van der Waals surface area (Å²) in [6, 6.07) is 2.85. The largest absolute Gasteiger partial charge is 0.508 e. The van der Waals surface area contributed by atoms with Crippen LogP contribution < -0.4 is 0 Å². The molecule has 76 valence electrons. The maximum absolute atomic E-state index is 10.6. The molecule has 0 saturated heterocycles. The molecule has 0 aliphatic carbocycles. The number of carboxylic acids is 1. The number of hydrogen-bond acceptors (Lipinski definition) is 3. The maximum atomic E-state index is 10.6. The number of aliphatic hydroxyl groups excluding tert-OH is 1. The maximum Gasteiger partial charge on any atom is 0.337 e. The van der Waals surface area contributed by atoms with Gasteiger partial charge in [-0.2, -0.15) is 0 Å². The average Bonchev–Trinajstić information content (AvgIpc) is 2.01. The molecule has 4 nitrogen and oxygen atoms in total. The predicted octanol–water partition coefficient (Wildman–Crippen LogP) is 1.13. The highest BCUT2D eigenvalue weighted by molar-refractivity contribution is 5.75. The highest BCUT2D eigenvalue weighted by Crippen LogP contribution is 2.26. The normalized spacial score (nSPS) is 12.5. The monoisotopic (exact) mass is 196 g/mol. The Labute approximate surface area is 81.4 Å². The lowest BCUT2D eigenvalue weighted by Gasteiger charge is -2.13. The number of benzene rings is 1. The van der Waals surface area contributed by atoms with Crippen LogP contribution in [-0.2, 0) is 4.79 Å². The van der Waals surface area contributed by atoms with Gasteiger partial charge in [0.15, 0.2) is 6.10 Å². The van der Waals surface area contributed by atoms with E-state index in [0.29, 0.717) is 16.7 Å². The SMILES string of the molecule is Cc1cc(O)cc(C)c1C(O)C(=O)O. The van der Waals surface area contributed by atoms with E-state index in [4.69, 9.17) is 5.11 Å². The fourth-order valence-electron chi connectivity index (χ4n) is 1.51. The van der Waals surface area contributed by atoms with Crippen LogP contribution in [0.3, 0.4) is 0 Å². The van der Waals surface area contributed by atoms with Crippen LogP contribution in [0.25, 0.3) is 0 Å². The number of rotatable bonds is 2. The molecular formula is C10H12O4. The first-order valence-electron chi connectivity index (χ1n) is 4.14. The van der Waals surface area contributed by atoms with Crippen molar-refractivity contribution in [3.05, 3.63) is 28.8 Å². The Morgan fingerprint density at radius 1 is 1.29 bits per heavy atom. The van der Waals surface area contributed by atoms with Gasteiger partial charge in [0.1, 0.15) is 5.75 Å². The van der Waals surface area contributed by atoms with Crippen molar-refractivity contribution in [3.8, 4) is 5.75 Å². The Morgan fingerprint density at radius 3 is 2.07 bits per heavy atom. The summed E-state index contributed by atoms with van der Waals surface area (Å²) >= 11 is 0. The Kier molecular flexibility index (Phi) is 2.76. The van der Waals surface area contributed by atoms with Gasteiger partial charge in [0.05, 0.1) is 0 Å². The van der Waals surface area contributed by atoms with Gasteiger partial charge < -0.3 is 15.3 Å². The zero-order valence-corrected chi connectivity index (χ0v) is 7.98. The molecule has 0 bridgehead atoms. The number of hydrogen-bond donors (Lipinski definition) is 3. The van der Waals surface area contributed by atoms with Crippen LogP contribution in [0.5, 0.6) is 5.75 Å². The topological polar surface area (TPSA) is 77.8 Å². The van der Waals surface area contributed by atoms with E-state index in [0.717, 1.165) is 0 Å². The van der Waals surface area contributed by atoms with Crippen molar-refractivity contribution in [3.63, 3.8) is 0 Å². The molecule has 0 aliphatic rings. The number of aliphatic carboxylic acids is 1. The van der Waals surface area contributed by atoms with Gasteiger partial charge in [-0.05, 0) is 42.7 Å². The fourth-order valence-corrected chi connectivity index (χ4v) is 1.51. The molecule has 3 N–H and O–H groups in total. The summed E-state index contributed by atoms with van der Waals surface area (Å²) in [6.07, 6.45) is -1.53. The second-order valence-corrected chi connectivity index (χ2v) is 3.23. The van der Waals surface area contributed by atoms with Crippen molar-refractivity contribution in [2.75, 3.05) is 0 Å². The highest BCUT2D eigenvalue weighted by atomic mass is 16.4. The number of aromatic hydroxyl groups is 1. The minimum absolute atomic E-state index is 0.0707. The molecule has 1 unspecified atom stereocenters. The lowest BCUT2D eigenvalue weighted by molar-refractivity contribution is -0.147. The van der Waals surface area contributed by atoms with Crippen LogP contribution >= 0.6 is 0 Å². The predicted molar refractivity (Wildman–Crippen MR) is 50.2 cm³/mol. The van der Waals surface area contributed by atoms with Crippen LogP contribution in [0.1, 0.15) is 22.8 Å². The minimum atomic E-state index is -1.53. The van der Waals surface area contributed by atoms with Gasteiger partial charge in [-0.15, -0.1) is 0 Å². The van der Waals surface area contributed by atoms with Gasteiger partial charge in [-0.25, -0.2) is 4.79 Å². The second kappa shape index (κ2) is 3.67. The number of aryl methyl sites for hydroxylation is 2. The van der Waals surface area contributed by atoms with Crippen LogP contribution in [0, 0.1) is 13.8 Å². The summed E-state index contributed by atoms with van der Waals surface area (Å²) in [4.78, 5) is 10.6. The molecule has 1 aromatic carbocycles. The first-order chi connectivity index (χ1) is 6.43. The van der Waals surface area contributed by atoms with Gasteiger partial charge in [-0.3, -0.25) is 0 Å². The van der Waals surface area contributed by atoms with E-state index in [2.05, 4.69) is 0 Å². The molecule has 0 spiro atoms. The lowest BCUT2D eigenvalue weighted by Crippen LogP contribution is -2.13. The Bertz CT molecular complexity index is 347. The Morgan fingerprint density at radius 2 is 1.71 bits per heavy atom. The third kappa shape index (κ3) is 1.85. The van der Waals surface area contributed by atoms with E-state index in [-0.39, 0.29) is 5.75 Å². The third-order valence-corrected chi connectivity index (χ3v) is 2.09. The first-order valence-corrected chi connectivity index (χ1v) is 4.14. The summed E-state index contributed by atoms with van der Waals surface area (Å²) in [7, 11) is 0. The molecule has 0 amide bonds. The van der Waals surface area contributed by atoms with Gasteiger partial charge in [0.25, 0.3) is 0 Å². The van der Waals surface area contributed by atoms with Gasteiger partial charge >= 0.3 is 5.97 Å². The van der Waals surface area contributed by atoms with Gasteiger partial charge in [0, 0.05) is 0 Å². The molecule has 0 aliphatic heterocycles. The molecule has 1 atom stereocenters. The molecule has 0 aromatic heterocycles. The minimum Gasteiger partial charge on any atom is -0.508 e. The summed E-state index contributed by atoms with van der Waals surface area (Å²) in [5, 5.41) is 27.2. The molecule has 0 saturated carbocycles. The van der Waals surface area contributed by atoms with E-state index < -0.39 is 12.1 Å². The molecule has 0 radical (unpaired) electrons. The number of phenolic OH excluding ortho intramolecular Hbond substituents is 1. The lowest BCUT2D eigenvalue weighted by atomic mass is 9.97. The molecule has 4 heteroatoms. The van der Waals surface area contributed by atoms with Crippen LogP contribution in [0.2, 0.25) is 0 Å². The molecule has 0 heterocycles. The van der Waals surface area contributed by atoms with E-state index in [1.54, 1.807) is 13.8 Å². The van der Waals surface area contributed by atoms with E-state index in [1.807, 2.05) is 0 Å². The number of carbonyl (C=O) groups is 1. The molecule has 1 aromatic rings. The van der Waals surface area contributed by atoms with E-state index >= 15 is 0 Å². The second-order valence-electron chi connectivity index (χ2n) is 3.23. The number of phenols is 1. The van der Waals surface area contributed by atoms with Crippen LogP contribution in [0.15, 0.2) is 12.1 Å². The number of aliphatic hydroxyl groups is 1. The van der Waals surface area contributed by atoms with Crippen LogP contribution in [-0.4, -0.2) is 21.3 Å². The van der Waals surface area contributed by atoms with Crippen molar-refractivity contribution >= 4 is 5.97 Å². The fraction of sp³-hybridized carbons (Fsp3) is 0.300. The smallest absolute Gasteiger partial charge is 0.337 e. The van der Waals surface area contributed by atoms with Crippen LogP contribution in [0.4, 0.5) is 0 Å². The standard InChI is InChI=1S/C10H12O4/c1-5-3-7(11)4-6(2)8(5)9(12)10(13)14/h3-4,9,11-12H,1-2H3,(H,13,14). The summed E-state index contributed by atoms with van der Waals surface area (Å²) in [6.45, 7) is 3.29. The van der Waals surface area contributed by atoms with Crippen molar-refractivity contribution in [1.29, 1.82) is 0 Å². The van der Waals surface area contributed by atoms with Crippen molar-refractivity contribution in [2.45, 2.75) is 20.0 Å².